The first-order valence-corrected chi connectivity index (χ1v) is 16.4. The molecule has 0 atom stereocenters. The monoisotopic (exact) mass is 639 g/mol. The third-order valence-corrected chi connectivity index (χ3v) is 8.58. The largest absolute Gasteiger partial charge is 0.248 e. The Hall–Kier alpha value is -7.03. The summed E-state index contributed by atoms with van der Waals surface area (Å²) in [5.74, 6) is 1.66. The van der Waals surface area contributed by atoms with Crippen LogP contribution in [0.3, 0.4) is 0 Å². The maximum atomic E-state index is 9.47. The molecule has 0 radical (unpaired) electrons. The van der Waals surface area contributed by atoms with Crippen molar-refractivity contribution in [2.24, 2.45) is 0 Å². The molecule has 6 aromatic carbocycles. The maximum absolute atomic E-state index is 9.47. The van der Waals surface area contributed by atoms with Crippen LogP contribution in [0, 0.1) is 11.3 Å². The Kier molecular flexibility index (Phi) is 8.25. The molecule has 0 spiro atoms. The summed E-state index contributed by atoms with van der Waals surface area (Å²) in [6, 6.07) is 61.3. The Labute approximate surface area is 290 Å². The summed E-state index contributed by atoms with van der Waals surface area (Å²) >= 11 is 0. The fourth-order valence-corrected chi connectivity index (χ4v) is 5.96. The van der Waals surface area contributed by atoms with Crippen molar-refractivity contribution < 1.29 is 0 Å². The lowest BCUT2D eigenvalue weighted by Gasteiger charge is -2.11. The first-order valence-electron chi connectivity index (χ1n) is 16.4. The molecule has 5 heteroatoms. The minimum atomic E-state index is 0.519. The fraction of sp³-hybridized carbons (Fsp3) is 0. The van der Waals surface area contributed by atoms with Crippen LogP contribution in [0.1, 0.15) is 5.56 Å². The number of benzene rings is 6. The SMILES string of the molecule is N#Cc1cccc(-c2nc(-c3ccccc3)nc(-c3ccc(-c4ccc(-c5cc(-c6ccccc6)cc(-c6ccccc6)n5)cc4)cc3)n2)c1. The summed E-state index contributed by atoms with van der Waals surface area (Å²) in [5, 5.41) is 9.47. The van der Waals surface area contributed by atoms with E-state index in [2.05, 4.69) is 91.0 Å². The summed E-state index contributed by atoms with van der Waals surface area (Å²) in [6.07, 6.45) is 0. The second kappa shape index (κ2) is 13.6. The van der Waals surface area contributed by atoms with Crippen molar-refractivity contribution in [3.8, 4) is 85.0 Å². The Bertz CT molecular complexity index is 2400. The highest BCUT2D eigenvalue weighted by Gasteiger charge is 2.14. The molecule has 8 rings (SSSR count). The standard InChI is InChI=1S/C45H29N5/c46-30-31-11-10-18-39(27-31)45-49-43(37-16-8-3-9-17-37)48-44(50-45)38-25-21-34(22-26-38)33-19-23-36(24-20-33)42-29-40(32-12-4-1-5-13-32)28-41(47-42)35-14-6-2-7-15-35/h1-29H. The molecule has 0 saturated carbocycles. The van der Waals surface area contributed by atoms with E-state index in [-0.39, 0.29) is 0 Å². The highest BCUT2D eigenvalue weighted by atomic mass is 15.0. The normalized spacial score (nSPS) is 10.8. The lowest BCUT2D eigenvalue weighted by molar-refractivity contribution is 1.07. The van der Waals surface area contributed by atoms with Gasteiger partial charge in [0.25, 0.3) is 0 Å². The van der Waals surface area contributed by atoms with Gasteiger partial charge in [-0.3, -0.25) is 0 Å². The van der Waals surface area contributed by atoms with E-state index in [4.69, 9.17) is 19.9 Å². The van der Waals surface area contributed by atoms with Crippen LogP contribution in [-0.2, 0) is 0 Å². The van der Waals surface area contributed by atoms with Gasteiger partial charge < -0.3 is 0 Å². The minimum absolute atomic E-state index is 0.519. The summed E-state index contributed by atoms with van der Waals surface area (Å²) in [5.41, 5.74) is 11.5. The Morgan fingerprint density at radius 1 is 0.300 bits per heavy atom. The molecule has 0 aliphatic carbocycles. The minimum Gasteiger partial charge on any atom is -0.248 e. The van der Waals surface area contributed by atoms with E-state index in [9.17, 15) is 5.26 Å². The van der Waals surface area contributed by atoms with Crippen LogP contribution >= 0.6 is 0 Å². The summed E-state index contributed by atoms with van der Waals surface area (Å²) in [6.45, 7) is 0. The zero-order valence-electron chi connectivity index (χ0n) is 27.0. The Balaban J connectivity index is 1.12. The zero-order chi connectivity index (χ0) is 33.7. The summed E-state index contributed by atoms with van der Waals surface area (Å²) in [7, 11) is 0. The van der Waals surface area contributed by atoms with Gasteiger partial charge in [-0.25, -0.2) is 19.9 Å². The second-order valence-electron chi connectivity index (χ2n) is 11.9. The van der Waals surface area contributed by atoms with E-state index in [1.54, 1.807) is 12.1 Å². The van der Waals surface area contributed by atoms with Crippen LogP contribution in [-0.4, -0.2) is 19.9 Å². The van der Waals surface area contributed by atoms with Crippen LogP contribution in [0.2, 0.25) is 0 Å². The molecule has 50 heavy (non-hydrogen) atoms. The number of aromatic nitrogens is 4. The van der Waals surface area contributed by atoms with Crippen LogP contribution < -0.4 is 0 Å². The van der Waals surface area contributed by atoms with Crippen LogP contribution in [0.4, 0.5) is 0 Å². The van der Waals surface area contributed by atoms with Gasteiger partial charge in [0.05, 0.1) is 23.0 Å². The molecular formula is C45H29N5. The molecule has 2 heterocycles. The van der Waals surface area contributed by atoms with Crippen molar-refractivity contribution in [1.29, 1.82) is 5.26 Å². The smallest absolute Gasteiger partial charge is 0.164 e. The third-order valence-electron chi connectivity index (χ3n) is 8.58. The predicted octanol–water partition coefficient (Wildman–Crippen LogP) is 10.8. The molecule has 0 saturated heterocycles. The number of nitrogens with zero attached hydrogens (tertiary/aromatic N) is 5. The van der Waals surface area contributed by atoms with E-state index in [0.717, 1.165) is 61.5 Å². The summed E-state index contributed by atoms with van der Waals surface area (Å²) in [4.78, 5) is 19.6. The number of pyridine rings is 1. The molecular weight excluding hydrogens is 611 g/mol. The molecule has 0 amide bonds. The first kappa shape index (κ1) is 30.3. The topological polar surface area (TPSA) is 75.3 Å². The van der Waals surface area contributed by atoms with Gasteiger partial charge in [0.15, 0.2) is 17.5 Å². The number of rotatable bonds is 7. The fourth-order valence-electron chi connectivity index (χ4n) is 5.96. The third kappa shape index (κ3) is 6.42. The molecule has 0 aliphatic rings. The van der Waals surface area contributed by atoms with Gasteiger partial charge in [0.1, 0.15) is 0 Å². The molecule has 234 valence electrons. The Morgan fingerprint density at radius 2 is 0.680 bits per heavy atom. The quantitative estimate of drug-likeness (QED) is 0.173. The van der Waals surface area contributed by atoms with Gasteiger partial charge in [-0.05, 0) is 46.5 Å². The highest BCUT2D eigenvalue weighted by Crippen LogP contribution is 2.32. The van der Waals surface area contributed by atoms with E-state index in [1.807, 2.05) is 78.9 Å². The van der Waals surface area contributed by atoms with Crippen LogP contribution in [0.15, 0.2) is 176 Å². The number of hydrogen-bond donors (Lipinski definition) is 0. The van der Waals surface area contributed by atoms with Gasteiger partial charge in [0.2, 0.25) is 0 Å². The van der Waals surface area contributed by atoms with Crippen molar-refractivity contribution in [1.82, 2.24) is 19.9 Å². The van der Waals surface area contributed by atoms with E-state index in [1.165, 1.54) is 0 Å². The molecule has 0 fully saturated rings. The average molecular weight is 640 g/mol. The van der Waals surface area contributed by atoms with Gasteiger partial charge >= 0.3 is 0 Å². The Morgan fingerprint density at radius 3 is 1.22 bits per heavy atom. The van der Waals surface area contributed by atoms with E-state index in [0.29, 0.717) is 23.0 Å². The van der Waals surface area contributed by atoms with Crippen molar-refractivity contribution in [2.75, 3.05) is 0 Å². The number of hydrogen-bond acceptors (Lipinski definition) is 5. The average Bonchev–Trinajstić information content (AvgIpc) is 3.21. The van der Waals surface area contributed by atoms with E-state index < -0.39 is 0 Å². The lowest BCUT2D eigenvalue weighted by Crippen LogP contribution is -2.00. The first-order chi connectivity index (χ1) is 24.7. The van der Waals surface area contributed by atoms with Crippen LogP contribution in [0.5, 0.6) is 0 Å². The zero-order valence-corrected chi connectivity index (χ0v) is 27.0. The molecule has 2 aromatic heterocycles. The molecule has 0 unspecified atom stereocenters. The van der Waals surface area contributed by atoms with Gasteiger partial charge in [-0.15, -0.1) is 0 Å². The maximum Gasteiger partial charge on any atom is 0.164 e. The lowest BCUT2D eigenvalue weighted by atomic mass is 9.98. The van der Waals surface area contributed by atoms with Gasteiger partial charge in [0, 0.05) is 27.8 Å². The van der Waals surface area contributed by atoms with Crippen LogP contribution in [0.25, 0.3) is 78.9 Å². The van der Waals surface area contributed by atoms with Crippen molar-refractivity contribution in [3.63, 3.8) is 0 Å². The number of nitriles is 1. The predicted molar refractivity (Wildman–Crippen MR) is 200 cm³/mol. The van der Waals surface area contributed by atoms with Crippen molar-refractivity contribution in [2.45, 2.75) is 0 Å². The molecule has 0 aliphatic heterocycles. The van der Waals surface area contributed by atoms with Crippen molar-refractivity contribution in [3.05, 3.63) is 181 Å². The van der Waals surface area contributed by atoms with E-state index >= 15 is 0 Å². The van der Waals surface area contributed by atoms with Crippen molar-refractivity contribution >= 4 is 0 Å². The van der Waals surface area contributed by atoms with Gasteiger partial charge in [-0.2, -0.15) is 5.26 Å². The van der Waals surface area contributed by atoms with Gasteiger partial charge in [-0.1, -0.05) is 152 Å². The molecule has 0 N–H and O–H groups in total. The molecule has 8 aromatic rings. The molecule has 5 nitrogen and oxygen atoms in total. The summed E-state index contributed by atoms with van der Waals surface area (Å²) < 4.78 is 0. The highest BCUT2D eigenvalue weighted by molar-refractivity contribution is 5.78. The molecule has 0 bridgehead atoms. The second-order valence-corrected chi connectivity index (χ2v) is 11.9.